The molecule has 17 heavy (non-hydrogen) atoms. The van der Waals surface area contributed by atoms with Crippen LogP contribution in [0.4, 0.5) is 0 Å². The SMILES string of the molecule is COCCOc1ccc(C2OCCC2=O)cc1. The molecule has 1 aromatic carbocycles. The highest BCUT2D eigenvalue weighted by molar-refractivity contribution is 5.85. The van der Waals surface area contributed by atoms with Gasteiger partial charge in [0.1, 0.15) is 18.5 Å². The number of benzene rings is 1. The fourth-order valence-corrected chi connectivity index (χ4v) is 1.77. The van der Waals surface area contributed by atoms with Crippen LogP contribution in [0.5, 0.6) is 5.75 Å². The molecule has 0 spiro atoms. The number of hydrogen-bond acceptors (Lipinski definition) is 4. The van der Waals surface area contributed by atoms with Crippen molar-refractivity contribution in [1.82, 2.24) is 0 Å². The van der Waals surface area contributed by atoms with E-state index in [-0.39, 0.29) is 11.9 Å². The Kier molecular flexibility index (Phi) is 4.12. The van der Waals surface area contributed by atoms with Gasteiger partial charge < -0.3 is 14.2 Å². The molecule has 0 saturated carbocycles. The van der Waals surface area contributed by atoms with Gasteiger partial charge >= 0.3 is 0 Å². The largest absolute Gasteiger partial charge is 0.491 e. The molecule has 1 aromatic rings. The van der Waals surface area contributed by atoms with Gasteiger partial charge in [-0.25, -0.2) is 0 Å². The molecule has 0 N–H and O–H groups in total. The van der Waals surface area contributed by atoms with Crippen molar-refractivity contribution in [2.75, 3.05) is 26.9 Å². The summed E-state index contributed by atoms with van der Waals surface area (Å²) < 4.78 is 15.7. The van der Waals surface area contributed by atoms with Crippen LogP contribution in [0.2, 0.25) is 0 Å². The van der Waals surface area contributed by atoms with Gasteiger partial charge in [-0.1, -0.05) is 12.1 Å². The second-order valence-corrected chi connectivity index (χ2v) is 3.88. The Labute approximate surface area is 100 Å². The number of methoxy groups -OCH3 is 1. The van der Waals surface area contributed by atoms with Gasteiger partial charge in [0.2, 0.25) is 0 Å². The number of ether oxygens (including phenoxy) is 3. The molecule has 0 amide bonds. The van der Waals surface area contributed by atoms with Gasteiger partial charge in [0.05, 0.1) is 13.2 Å². The fourth-order valence-electron chi connectivity index (χ4n) is 1.77. The number of carbonyl (C=O) groups is 1. The van der Waals surface area contributed by atoms with E-state index in [0.29, 0.717) is 26.2 Å². The van der Waals surface area contributed by atoms with Gasteiger partial charge in [0, 0.05) is 13.5 Å². The Morgan fingerprint density at radius 3 is 2.65 bits per heavy atom. The Morgan fingerprint density at radius 2 is 2.06 bits per heavy atom. The van der Waals surface area contributed by atoms with Crippen molar-refractivity contribution in [3.05, 3.63) is 29.8 Å². The van der Waals surface area contributed by atoms with E-state index in [2.05, 4.69) is 0 Å². The number of ketones is 1. The van der Waals surface area contributed by atoms with E-state index in [9.17, 15) is 4.79 Å². The van der Waals surface area contributed by atoms with Crippen molar-refractivity contribution >= 4 is 5.78 Å². The molecular formula is C13H16O4. The van der Waals surface area contributed by atoms with Crippen LogP contribution >= 0.6 is 0 Å². The molecule has 1 unspecified atom stereocenters. The van der Waals surface area contributed by atoms with E-state index in [1.807, 2.05) is 24.3 Å². The lowest BCUT2D eigenvalue weighted by Gasteiger charge is -2.10. The third kappa shape index (κ3) is 3.05. The van der Waals surface area contributed by atoms with E-state index in [1.165, 1.54) is 0 Å². The molecule has 0 aliphatic carbocycles. The number of Topliss-reactive ketones (excluding diaryl/α,β-unsaturated/α-hetero) is 1. The molecule has 1 atom stereocenters. The van der Waals surface area contributed by atoms with Crippen LogP contribution in [0.15, 0.2) is 24.3 Å². The van der Waals surface area contributed by atoms with Crippen molar-refractivity contribution in [2.45, 2.75) is 12.5 Å². The first-order valence-corrected chi connectivity index (χ1v) is 5.67. The highest BCUT2D eigenvalue weighted by Gasteiger charge is 2.26. The Morgan fingerprint density at radius 1 is 1.29 bits per heavy atom. The molecule has 4 heteroatoms. The highest BCUT2D eigenvalue weighted by Crippen LogP contribution is 2.26. The maximum Gasteiger partial charge on any atom is 0.168 e. The summed E-state index contributed by atoms with van der Waals surface area (Å²) in [5.74, 6) is 0.925. The summed E-state index contributed by atoms with van der Waals surface area (Å²) in [5, 5.41) is 0. The first-order chi connectivity index (χ1) is 8.31. The number of hydrogen-bond donors (Lipinski definition) is 0. The average Bonchev–Trinajstić information content (AvgIpc) is 2.77. The molecule has 4 nitrogen and oxygen atoms in total. The first-order valence-electron chi connectivity index (χ1n) is 5.67. The topological polar surface area (TPSA) is 44.8 Å². The molecule has 1 aliphatic heterocycles. The highest BCUT2D eigenvalue weighted by atomic mass is 16.5. The fraction of sp³-hybridized carbons (Fsp3) is 0.462. The molecule has 0 radical (unpaired) electrons. The average molecular weight is 236 g/mol. The first kappa shape index (κ1) is 12.1. The lowest BCUT2D eigenvalue weighted by atomic mass is 10.1. The third-order valence-corrected chi connectivity index (χ3v) is 2.66. The predicted octanol–water partition coefficient (Wildman–Crippen LogP) is 1.74. The van der Waals surface area contributed by atoms with E-state index in [0.717, 1.165) is 11.3 Å². The van der Waals surface area contributed by atoms with Crippen LogP contribution in [0.3, 0.4) is 0 Å². The van der Waals surface area contributed by atoms with E-state index >= 15 is 0 Å². The molecule has 0 bridgehead atoms. The van der Waals surface area contributed by atoms with Crippen molar-refractivity contribution in [1.29, 1.82) is 0 Å². The van der Waals surface area contributed by atoms with Crippen molar-refractivity contribution < 1.29 is 19.0 Å². The molecule has 0 aromatic heterocycles. The summed E-state index contributed by atoms with van der Waals surface area (Å²) in [6, 6.07) is 7.44. The molecule has 1 fully saturated rings. The van der Waals surface area contributed by atoms with Crippen LogP contribution < -0.4 is 4.74 Å². The Bertz CT molecular complexity index is 372. The van der Waals surface area contributed by atoms with Gasteiger partial charge in [-0.3, -0.25) is 4.79 Å². The van der Waals surface area contributed by atoms with Gasteiger partial charge in [0.15, 0.2) is 5.78 Å². The second kappa shape index (κ2) is 5.80. The van der Waals surface area contributed by atoms with Crippen LogP contribution in [-0.4, -0.2) is 32.7 Å². The predicted molar refractivity (Wildman–Crippen MR) is 62.1 cm³/mol. The van der Waals surface area contributed by atoms with Crippen LogP contribution in [-0.2, 0) is 14.3 Å². The standard InChI is InChI=1S/C13H16O4/c1-15-8-9-16-11-4-2-10(3-5-11)13-12(14)6-7-17-13/h2-5,13H,6-9H2,1H3. The molecule has 1 aliphatic rings. The lowest BCUT2D eigenvalue weighted by molar-refractivity contribution is -0.122. The Balaban J connectivity index is 1.95. The summed E-state index contributed by atoms with van der Waals surface area (Å²) in [5.41, 5.74) is 0.895. The quantitative estimate of drug-likeness (QED) is 0.730. The van der Waals surface area contributed by atoms with Crippen molar-refractivity contribution in [2.24, 2.45) is 0 Å². The van der Waals surface area contributed by atoms with Crippen molar-refractivity contribution in [3.8, 4) is 5.75 Å². The van der Waals surface area contributed by atoms with Gasteiger partial charge in [-0.15, -0.1) is 0 Å². The molecule has 1 saturated heterocycles. The summed E-state index contributed by atoms with van der Waals surface area (Å²) in [4.78, 5) is 11.5. The van der Waals surface area contributed by atoms with Crippen LogP contribution in [0, 0.1) is 0 Å². The molecule has 92 valence electrons. The second-order valence-electron chi connectivity index (χ2n) is 3.88. The van der Waals surface area contributed by atoms with Gasteiger partial charge in [-0.05, 0) is 17.7 Å². The van der Waals surface area contributed by atoms with Crippen molar-refractivity contribution in [3.63, 3.8) is 0 Å². The van der Waals surface area contributed by atoms with Gasteiger partial charge in [0.25, 0.3) is 0 Å². The zero-order valence-corrected chi connectivity index (χ0v) is 9.85. The van der Waals surface area contributed by atoms with Crippen LogP contribution in [0.25, 0.3) is 0 Å². The zero-order chi connectivity index (χ0) is 12.1. The summed E-state index contributed by atoms with van der Waals surface area (Å²) >= 11 is 0. The molecular weight excluding hydrogens is 220 g/mol. The zero-order valence-electron chi connectivity index (χ0n) is 9.85. The van der Waals surface area contributed by atoms with E-state index < -0.39 is 0 Å². The molecule has 2 rings (SSSR count). The monoisotopic (exact) mass is 236 g/mol. The summed E-state index contributed by atoms with van der Waals surface area (Å²) in [7, 11) is 1.63. The summed E-state index contributed by atoms with van der Waals surface area (Å²) in [6.07, 6.45) is 0.125. The van der Waals surface area contributed by atoms with Gasteiger partial charge in [-0.2, -0.15) is 0 Å². The Hall–Kier alpha value is -1.39. The minimum Gasteiger partial charge on any atom is -0.491 e. The van der Waals surface area contributed by atoms with E-state index in [1.54, 1.807) is 7.11 Å². The number of carbonyl (C=O) groups excluding carboxylic acids is 1. The third-order valence-electron chi connectivity index (χ3n) is 2.66. The smallest absolute Gasteiger partial charge is 0.168 e. The number of rotatable bonds is 5. The van der Waals surface area contributed by atoms with Crippen LogP contribution in [0.1, 0.15) is 18.1 Å². The maximum atomic E-state index is 11.5. The van der Waals surface area contributed by atoms with E-state index in [4.69, 9.17) is 14.2 Å². The molecule has 1 heterocycles. The minimum absolute atomic E-state index is 0.151. The lowest BCUT2D eigenvalue weighted by Crippen LogP contribution is -2.06. The normalized spacial score (nSPS) is 19.6. The minimum atomic E-state index is -0.386. The maximum absolute atomic E-state index is 11.5. The summed E-state index contributed by atoms with van der Waals surface area (Å²) in [6.45, 7) is 1.61.